The number of carbonyl (C=O) groups excluding carboxylic acids is 1. The summed E-state index contributed by atoms with van der Waals surface area (Å²) in [6, 6.07) is 15.3. The largest absolute Gasteiger partial charge is 0.497 e. The van der Waals surface area contributed by atoms with Crippen LogP contribution in [0.25, 0.3) is 0 Å². The molecule has 0 aromatic heterocycles. The summed E-state index contributed by atoms with van der Waals surface area (Å²) in [5.74, 6) is 1.56. The van der Waals surface area contributed by atoms with Crippen molar-refractivity contribution in [1.29, 1.82) is 0 Å². The first kappa shape index (κ1) is 22.7. The minimum Gasteiger partial charge on any atom is -0.497 e. The minimum atomic E-state index is -0.526. The first-order valence-electron chi connectivity index (χ1n) is 11.0. The van der Waals surface area contributed by atoms with Gasteiger partial charge < -0.3 is 33.2 Å². The standard InChI is InChI=1S/C25H30O7/c1-27-19-7-3-17(4-8-19)24-29-14-12-22(30-24)16-23-15-21(11-13-26)31-25(32-23)18-5-9-20(28-2)10-6-18/h3-10,13,21-25H,11-12,14-16H2,1-2H3/t21-,22-,23-,24-,25-/m0/s1. The van der Waals surface area contributed by atoms with Gasteiger partial charge >= 0.3 is 0 Å². The van der Waals surface area contributed by atoms with Crippen molar-refractivity contribution in [2.24, 2.45) is 0 Å². The Kier molecular flexibility index (Phi) is 7.76. The van der Waals surface area contributed by atoms with E-state index in [2.05, 4.69) is 0 Å². The topological polar surface area (TPSA) is 72.5 Å². The van der Waals surface area contributed by atoms with Crippen LogP contribution in [-0.2, 0) is 23.7 Å². The number of ether oxygens (including phenoxy) is 6. The third-order valence-corrected chi connectivity index (χ3v) is 5.84. The second kappa shape index (κ2) is 10.9. The van der Waals surface area contributed by atoms with E-state index in [1.165, 1.54) is 0 Å². The lowest BCUT2D eigenvalue weighted by atomic mass is 9.99. The van der Waals surface area contributed by atoms with Gasteiger partial charge in [0.15, 0.2) is 12.6 Å². The Morgan fingerprint density at radius 1 is 0.812 bits per heavy atom. The quantitative estimate of drug-likeness (QED) is 0.563. The predicted molar refractivity (Wildman–Crippen MR) is 117 cm³/mol. The number of hydrogen-bond acceptors (Lipinski definition) is 7. The van der Waals surface area contributed by atoms with E-state index >= 15 is 0 Å². The molecule has 0 N–H and O–H groups in total. The molecular formula is C25H30O7. The maximum Gasteiger partial charge on any atom is 0.184 e. The number of benzene rings is 2. The lowest BCUT2D eigenvalue weighted by Gasteiger charge is -2.38. The molecule has 2 heterocycles. The Morgan fingerprint density at radius 2 is 1.38 bits per heavy atom. The Hall–Kier alpha value is -2.45. The Bertz CT molecular complexity index is 852. The van der Waals surface area contributed by atoms with Crippen LogP contribution in [0.5, 0.6) is 11.5 Å². The van der Waals surface area contributed by atoms with E-state index in [9.17, 15) is 4.79 Å². The molecule has 0 unspecified atom stereocenters. The van der Waals surface area contributed by atoms with Crippen LogP contribution in [-0.4, -0.2) is 45.4 Å². The monoisotopic (exact) mass is 442 g/mol. The van der Waals surface area contributed by atoms with Crippen molar-refractivity contribution in [3.8, 4) is 11.5 Å². The Labute approximate surface area is 188 Å². The van der Waals surface area contributed by atoms with Crippen molar-refractivity contribution >= 4 is 6.29 Å². The fourth-order valence-corrected chi connectivity index (χ4v) is 4.11. The number of carbonyl (C=O) groups is 1. The summed E-state index contributed by atoms with van der Waals surface area (Å²) < 4.78 is 34.9. The van der Waals surface area contributed by atoms with Gasteiger partial charge in [0.1, 0.15) is 17.8 Å². The molecule has 0 amide bonds. The van der Waals surface area contributed by atoms with E-state index in [0.717, 1.165) is 35.3 Å². The summed E-state index contributed by atoms with van der Waals surface area (Å²) in [4.78, 5) is 11.2. The highest BCUT2D eigenvalue weighted by Crippen LogP contribution is 2.36. The van der Waals surface area contributed by atoms with Gasteiger partial charge in [-0.3, -0.25) is 0 Å². The first-order valence-corrected chi connectivity index (χ1v) is 11.0. The van der Waals surface area contributed by atoms with Gasteiger partial charge in [-0.25, -0.2) is 0 Å². The molecule has 0 aliphatic carbocycles. The lowest BCUT2D eigenvalue weighted by molar-refractivity contribution is -0.266. The van der Waals surface area contributed by atoms with Crippen molar-refractivity contribution in [3.63, 3.8) is 0 Å². The fraction of sp³-hybridized carbons (Fsp3) is 0.480. The van der Waals surface area contributed by atoms with Crippen LogP contribution in [0.15, 0.2) is 48.5 Å². The van der Waals surface area contributed by atoms with Gasteiger partial charge in [-0.2, -0.15) is 0 Å². The van der Waals surface area contributed by atoms with Gasteiger partial charge in [-0.15, -0.1) is 0 Å². The molecule has 2 fully saturated rings. The normalized spacial score (nSPS) is 28.1. The number of aldehydes is 1. The number of hydrogen-bond donors (Lipinski definition) is 0. The average molecular weight is 443 g/mol. The number of methoxy groups -OCH3 is 2. The molecule has 2 aromatic rings. The summed E-state index contributed by atoms with van der Waals surface area (Å²) in [7, 11) is 3.27. The zero-order valence-electron chi connectivity index (χ0n) is 18.5. The van der Waals surface area contributed by atoms with Crippen molar-refractivity contribution in [1.82, 2.24) is 0 Å². The van der Waals surface area contributed by atoms with Gasteiger partial charge in [-0.1, -0.05) is 24.3 Å². The zero-order chi connectivity index (χ0) is 22.3. The summed E-state index contributed by atoms with van der Waals surface area (Å²) in [5, 5.41) is 0. The third-order valence-electron chi connectivity index (χ3n) is 5.84. The van der Waals surface area contributed by atoms with Crippen LogP contribution < -0.4 is 9.47 Å². The number of rotatable bonds is 8. The molecule has 172 valence electrons. The second-order valence-corrected chi connectivity index (χ2v) is 8.02. The van der Waals surface area contributed by atoms with Gasteiger partial charge in [0.05, 0.1) is 39.1 Å². The highest BCUT2D eigenvalue weighted by Gasteiger charge is 2.34. The van der Waals surface area contributed by atoms with Crippen LogP contribution in [0, 0.1) is 0 Å². The van der Waals surface area contributed by atoms with Gasteiger partial charge in [0, 0.05) is 30.4 Å². The molecule has 2 aliphatic rings. The summed E-state index contributed by atoms with van der Waals surface area (Å²) in [5.41, 5.74) is 1.86. The molecule has 0 radical (unpaired) electrons. The highest BCUT2D eigenvalue weighted by atomic mass is 16.7. The third kappa shape index (κ3) is 5.66. The molecule has 0 bridgehead atoms. The predicted octanol–water partition coefficient (Wildman–Crippen LogP) is 4.36. The fourth-order valence-electron chi connectivity index (χ4n) is 4.11. The molecule has 4 rings (SSSR count). The SMILES string of the molecule is COc1ccc([C@H]2O[C@@H](CC=O)C[C@@H](C[C@@H]3CCO[C@H](c4ccc(OC)cc4)O3)O2)cc1. The Morgan fingerprint density at radius 3 is 1.97 bits per heavy atom. The summed E-state index contributed by atoms with van der Waals surface area (Å²) in [6.07, 6.45) is 2.19. The van der Waals surface area contributed by atoms with Crippen LogP contribution in [0.4, 0.5) is 0 Å². The smallest absolute Gasteiger partial charge is 0.184 e. The minimum absolute atomic E-state index is 0.00708. The van der Waals surface area contributed by atoms with Gasteiger partial charge in [-0.05, 0) is 30.7 Å². The van der Waals surface area contributed by atoms with Crippen molar-refractivity contribution in [2.45, 2.75) is 56.6 Å². The molecule has 32 heavy (non-hydrogen) atoms. The molecule has 2 aromatic carbocycles. The molecule has 7 nitrogen and oxygen atoms in total. The summed E-state index contributed by atoms with van der Waals surface area (Å²) >= 11 is 0. The molecule has 0 spiro atoms. The van der Waals surface area contributed by atoms with Crippen molar-refractivity contribution in [3.05, 3.63) is 59.7 Å². The van der Waals surface area contributed by atoms with Crippen molar-refractivity contribution in [2.75, 3.05) is 20.8 Å². The lowest BCUT2D eigenvalue weighted by Crippen LogP contribution is -2.38. The zero-order valence-corrected chi connectivity index (χ0v) is 18.5. The van der Waals surface area contributed by atoms with Gasteiger partial charge in [0.2, 0.25) is 0 Å². The van der Waals surface area contributed by atoms with Crippen molar-refractivity contribution < 1.29 is 33.2 Å². The summed E-state index contributed by atoms with van der Waals surface area (Å²) in [6.45, 7) is 0.615. The molecule has 5 atom stereocenters. The maximum absolute atomic E-state index is 11.2. The Balaban J connectivity index is 1.41. The molecule has 0 saturated carbocycles. The maximum atomic E-state index is 11.2. The van der Waals surface area contributed by atoms with Crippen LogP contribution in [0.2, 0.25) is 0 Å². The molecular weight excluding hydrogens is 412 g/mol. The molecule has 2 saturated heterocycles. The van der Waals surface area contributed by atoms with E-state index in [0.29, 0.717) is 25.9 Å². The van der Waals surface area contributed by atoms with E-state index in [-0.39, 0.29) is 18.3 Å². The van der Waals surface area contributed by atoms with Crippen LogP contribution in [0.1, 0.15) is 49.4 Å². The molecule has 7 heteroatoms. The second-order valence-electron chi connectivity index (χ2n) is 8.02. The average Bonchev–Trinajstić information content (AvgIpc) is 2.84. The van der Waals surface area contributed by atoms with Crippen LogP contribution in [0.3, 0.4) is 0 Å². The first-order chi connectivity index (χ1) is 15.7. The van der Waals surface area contributed by atoms with E-state index in [4.69, 9.17) is 28.4 Å². The van der Waals surface area contributed by atoms with Crippen LogP contribution >= 0.6 is 0 Å². The van der Waals surface area contributed by atoms with E-state index in [1.54, 1.807) is 14.2 Å². The molecule has 2 aliphatic heterocycles. The highest BCUT2D eigenvalue weighted by molar-refractivity contribution is 5.50. The van der Waals surface area contributed by atoms with Gasteiger partial charge in [0.25, 0.3) is 0 Å². The van der Waals surface area contributed by atoms with E-state index in [1.807, 2.05) is 48.5 Å². The van der Waals surface area contributed by atoms with E-state index < -0.39 is 12.6 Å².